The second-order valence-corrected chi connectivity index (χ2v) is 5.92. The fourth-order valence-corrected chi connectivity index (χ4v) is 2.84. The molecule has 1 N–H and O–H groups in total. The molecule has 0 aliphatic carbocycles. The molecular weight excluding hydrogens is 340 g/mol. The van der Waals surface area contributed by atoms with Crippen LogP contribution in [0.2, 0.25) is 0 Å². The van der Waals surface area contributed by atoms with Crippen molar-refractivity contribution in [3.63, 3.8) is 0 Å². The third-order valence-electron chi connectivity index (χ3n) is 4.25. The maximum Gasteiger partial charge on any atom is 0.336 e. The van der Waals surface area contributed by atoms with Gasteiger partial charge in [-0.05, 0) is 40.5 Å². The predicted molar refractivity (Wildman–Crippen MR) is 107 cm³/mol. The lowest BCUT2D eigenvalue weighted by atomic mass is 10.00. The van der Waals surface area contributed by atoms with Gasteiger partial charge >= 0.3 is 5.97 Å². The van der Waals surface area contributed by atoms with Crippen LogP contribution in [0.3, 0.4) is 0 Å². The molecule has 3 aromatic rings. The van der Waals surface area contributed by atoms with Crippen molar-refractivity contribution in [1.29, 1.82) is 0 Å². The average Bonchev–Trinajstić information content (AvgIpc) is 2.72. The molecule has 0 aliphatic heterocycles. The molecule has 136 valence electrons. The minimum absolute atomic E-state index is 0.184. The number of carboxylic acid groups (broad SMARTS) is 1. The van der Waals surface area contributed by atoms with E-state index >= 15 is 0 Å². The van der Waals surface area contributed by atoms with Crippen molar-refractivity contribution < 1.29 is 19.4 Å². The highest BCUT2D eigenvalue weighted by Gasteiger charge is 2.14. The Hall–Kier alpha value is -3.53. The molecule has 0 saturated carbocycles. The molecule has 4 nitrogen and oxygen atoms in total. The number of methoxy groups -OCH3 is 2. The van der Waals surface area contributed by atoms with Crippen LogP contribution < -0.4 is 9.47 Å². The molecule has 4 heteroatoms. The summed E-state index contributed by atoms with van der Waals surface area (Å²) in [6, 6.07) is 22.9. The lowest BCUT2D eigenvalue weighted by molar-refractivity contribution is -0.130. The second-order valence-electron chi connectivity index (χ2n) is 5.92. The second kappa shape index (κ2) is 8.23. The van der Waals surface area contributed by atoms with E-state index in [-0.39, 0.29) is 5.57 Å². The summed E-state index contributed by atoms with van der Waals surface area (Å²) in [7, 11) is 3.06. The van der Waals surface area contributed by atoms with Crippen molar-refractivity contribution in [2.24, 2.45) is 0 Å². The number of hydrogen-bond donors (Lipinski definition) is 1. The van der Waals surface area contributed by atoms with Crippen molar-refractivity contribution in [3.8, 4) is 22.6 Å². The normalized spacial score (nSPS) is 11.1. The first-order chi connectivity index (χ1) is 13.1. The first-order valence-corrected chi connectivity index (χ1v) is 8.45. The summed E-state index contributed by atoms with van der Waals surface area (Å²) in [5.74, 6) is 0.0362. The Kier molecular flexibility index (Phi) is 5.57. The number of benzene rings is 3. The van der Waals surface area contributed by atoms with Crippen LogP contribution in [-0.2, 0) is 4.79 Å². The minimum Gasteiger partial charge on any atom is -0.493 e. The zero-order valence-electron chi connectivity index (χ0n) is 15.2. The first-order valence-electron chi connectivity index (χ1n) is 8.45. The zero-order valence-corrected chi connectivity index (χ0v) is 15.2. The number of carbonyl (C=O) groups is 1. The fraction of sp³-hybridized carbons (Fsp3) is 0.0870. The van der Waals surface area contributed by atoms with Gasteiger partial charge in [0.15, 0.2) is 11.5 Å². The van der Waals surface area contributed by atoms with Crippen LogP contribution in [0.4, 0.5) is 0 Å². The number of carboxylic acids is 1. The zero-order chi connectivity index (χ0) is 19.2. The third kappa shape index (κ3) is 4.18. The van der Waals surface area contributed by atoms with Crippen LogP contribution in [0.25, 0.3) is 22.8 Å². The van der Waals surface area contributed by atoms with Gasteiger partial charge in [-0.15, -0.1) is 0 Å². The summed E-state index contributed by atoms with van der Waals surface area (Å²) in [5, 5.41) is 9.67. The summed E-state index contributed by atoms with van der Waals surface area (Å²) >= 11 is 0. The van der Waals surface area contributed by atoms with Crippen LogP contribution >= 0.6 is 0 Å². The van der Waals surface area contributed by atoms with Gasteiger partial charge in [0.05, 0.1) is 19.8 Å². The number of rotatable bonds is 6. The van der Waals surface area contributed by atoms with Gasteiger partial charge < -0.3 is 14.6 Å². The standard InChI is InChI=1S/C23H20O4/c1-26-21-13-12-19(15-22(21)27-2)20(23(24)25)14-16-8-10-18(11-9-16)17-6-4-3-5-7-17/h3-15H,1-2H3,(H,24,25). The van der Waals surface area contributed by atoms with E-state index in [0.717, 1.165) is 16.7 Å². The highest BCUT2D eigenvalue weighted by atomic mass is 16.5. The van der Waals surface area contributed by atoms with Crippen LogP contribution in [0.15, 0.2) is 72.8 Å². The van der Waals surface area contributed by atoms with Gasteiger partial charge in [-0.3, -0.25) is 0 Å². The predicted octanol–water partition coefficient (Wildman–Crippen LogP) is 5.00. The summed E-state index contributed by atoms with van der Waals surface area (Å²) in [6.45, 7) is 0. The molecule has 0 unspecified atom stereocenters. The van der Waals surface area contributed by atoms with E-state index in [4.69, 9.17) is 9.47 Å². The van der Waals surface area contributed by atoms with E-state index in [1.807, 2.05) is 54.6 Å². The van der Waals surface area contributed by atoms with Gasteiger partial charge in [-0.1, -0.05) is 60.7 Å². The maximum absolute atomic E-state index is 11.8. The largest absolute Gasteiger partial charge is 0.493 e. The quantitative estimate of drug-likeness (QED) is 0.497. The van der Waals surface area contributed by atoms with E-state index in [2.05, 4.69) is 0 Å². The Bertz CT molecular complexity index is 957. The SMILES string of the molecule is COc1ccc(C(=Cc2ccc(-c3ccccc3)cc2)C(=O)O)cc1OC. The molecule has 0 aromatic heterocycles. The van der Waals surface area contributed by atoms with Crippen LogP contribution in [0.1, 0.15) is 11.1 Å². The molecule has 0 heterocycles. The number of ether oxygens (including phenoxy) is 2. The van der Waals surface area contributed by atoms with Crippen molar-refractivity contribution >= 4 is 17.6 Å². The van der Waals surface area contributed by atoms with Gasteiger partial charge in [0.25, 0.3) is 0 Å². The van der Waals surface area contributed by atoms with Gasteiger partial charge in [-0.25, -0.2) is 4.79 Å². The average molecular weight is 360 g/mol. The van der Waals surface area contributed by atoms with Gasteiger partial charge in [0.2, 0.25) is 0 Å². The Morgan fingerprint density at radius 2 is 1.44 bits per heavy atom. The number of hydrogen-bond acceptors (Lipinski definition) is 3. The van der Waals surface area contributed by atoms with Crippen molar-refractivity contribution in [3.05, 3.63) is 83.9 Å². The Balaban J connectivity index is 1.96. The fourth-order valence-electron chi connectivity index (χ4n) is 2.84. The van der Waals surface area contributed by atoms with E-state index in [9.17, 15) is 9.90 Å². The number of aliphatic carboxylic acids is 1. The van der Waals surface area contributed by atoms with E-state index in [0.29, 0.717) is 17.1 Å². The third-order valence-corrected chi connectivity index (χ3v) is 4.25. The van der Waals surface area contributed by atoms with Gasteiger partial charge in [-0.2, -0.15) is 0 Å². The smallest absolute Gasteiger partial charge is 0.336 e. The summed E-state index contributed by atoms with van der Waals surface area (Å²) < 4.78 is 10.5. The lowest BCUT2D eigenvalue weighted by Gasteiger charge is -2.10. The molecule has 0 fully saturated rings. The summed E-state index contributed by atoms with van der Waals surface area (Å²) in [5.41, 5.74) is 3.74. The Labute approximate surface area is 158 Å². The molecule has 0 bridgehead atoms. The van der Waals surface area contributed by atoms with Gasteiger partial charge in [0.1, 0.15) is 0 Å². The van der Waals surface area contributed by atoms with Crippen molar-refractivity contribution in [2.45, 2.75) is 0 Å². The highest BCUT2D eigenvalue weighted by molar-refractivity contribution is 6.20. The maximum atomic E-state index is 11.8. The van der Waals surface area contributed by atoms with Crippen molar-refractivity contribution in [1.82, 2.24) is 0 Å². The van der Waals surface area contributed by atoms with Crippen LogP contribution in [0, 0.1) is 0 Å². The van der Waals surface area contributed by atoms with E-state index in [1.165, 1.54) is 7.11 Å². The molecule has 3 rings (SSSR count). The first kappa shape index (κ1) is 18.3. The molecule has 0 spiro atoms. The minimum atomic E-state index is -1.01. The molecular formula is C23H20O4. The van der Waals surface area contributed by atoms with Crippen LogP contribution in [-0.4, -0.2) is 25.3 Å². The Morgan fingerprint density at radius 1 is 0.815 bits per heavy atom. The molecule has 3 aromatic carbocycles. The van der Waals surface area contributed by atoms with Crippen LogP contribution in [0.5, 0.6) is 11.5 Å². The van der Waals surface area contributed by atoms with Crippen molar-refractivity contribution in [2.75, 3.05) is 14.2 Å². The Morgan fingerprint density at radius 3 is 2.04 bits per heavy atom. The van der Waals surface area contributed by atoms with E-state index in [1.54, 1.807) is 31.4 Å². The molecule has 0 aliphatic rings. The highest BCUT2D eigenvalue weighted by Crippen LogP contribution is 2.31. The molecule has 0 saturated heterocycles. The van der Waals surface area contributed by atoms with Gasteiger partial charge in [0, 0.05) is 0 Å². The molecule has 0 atom stereocenters. The van der Waals surface area contributed by atoms with E-state index < -0.39 is 5.97 Å². The molecule has 27 heavy (non-hydrogen) atoms. The topological polar surface area (TPSA) is 55.8 Å². The lowest BCUT2D eigenvalue weighted by Crippen LogP contribution is -2.01. The monoisotopic (exact) mass is 360 g/mol. The summed E-state index contributed by atoms with van der Waals surface area (Å²) in [6.07, 6.45) is 1.65. The molecule has 0 radical (unpaired) electrons. The summed E-state index contributed by atoms with van der Waals surface area (Å²) in [4.78, 5) is 11.8. The molecule has 0 amide bonds.